The van der Waals surface area contributed by atoms with Gasteiger partial charge in [-0.05, 0) is 25.1 Å². The Morgan fingerprint density at radius 1 is 1.60 bits per heavy atom. The van der Waals surface area contributed by atoms with Crippen molar-refractivity contribution in [2.24, 2.45) is 5.73 Å². The lowest BCUT2D eigenvalue weighted by atomic mass is 10.2. The molecule has 0 aliphatic heterocycles. The molecule has 0 fully saturated rings. The first-order valence-electron chi connectivity index (χ1n) is 4.80. The molecule has 0 aliphatic rings. The minimum Gasteiger partial charge on any atom is -0.382 e. The molecule has 1 unspecified atom stereocenters. The van der Waals surface area contributed by atoms with Crippen molar-refractivity contribution in [1.82, 2.24) is 0 Å². The van der Waals surface area contributed by atoms with Gasteiger partial charge >= 0.3 is 0 Å². The maximum absolute atomic E-state index is 10.9. The van der Waals surface area contributed by atoms with Gasteiger partial charge in [0.15, 0.2) is 0 Å². The normalized spacial score (nSPS) is 12.1. The second-order valence-corrected chi connectivity index (χ2v) is 3.37. The second-order valence-electron chi connectivity index (χ2n) is 3.37. The molecule has 0 heterocycles. The first kappa shape index (κ1) is 11.5. The molecule has 0 saturated heterocycles. The first-order valence-corrected chi connectivity index (χ1v) is 4.80. The molecule has 3 N–H and O–H groups in total. The lowest BCUT2D eigenvalue weighted by molar-refractivity contribution is 0.100. The van der Waals surface area contributed by atoms with Gasteiger partial charge in [0.05, 0.1) is 6.10 Å². The molecule has 1 amide bonds. The van der Waals surface area contributed by atoms with Gasteiger partial charge in [0, 0.05) is 24.9 Å². The highest BCUT2D eigenvalue weighted by atomic mass is 16.5. The maximum atomic E-state index is 10.9. The molecule has 4 heteroatoms. The predicted molar refractivity (Wildman–Crippen MR) is 59.9 cm³/mol. The van der Waals surface area contributed by atoms with Crippen LogP contribution in [-0.2, 0) is 4.74 Å². The summed E-state index contributed by atoms with van der Waals surface area (Å²) in [4.78, 5) is 10.9. The van der Waals surface area contributed by atoms with Crippen molar-refractivity contribution in [2.75, 3.05) is 19.0 Å². The molecule has 0 saturated carbocycles. The summed E-state index contributed by atoms with van der Waals surface area (Å²) < 4.78 is 5.10. The van der Waals surface area contributed by atoms with Crippen LogP contribution in [0.1, 0.15) is 17.3 Å². The monoisotopic (exact) mass is 208 g/mol. The van der Waals surface area contributed by atoms with E-state index in [1.54, 1.807) is 25.3 Å². The second kappa shape index (κ2) is 5.36. The van der Waals surface area contributed by atoms with Crippen LogP contribution >= 0.6 is 0 Å². The van der Waals surface area contributed by atoms with Gasteiger partial charge in [-0.1, -0.05) is 6.07 Å². The number of hydrogen-bond acceptors (Lipinski definition) is 3. The molecule has 0 aromatic heterocycles. The molecular weight excluding hydrogens is 192 g/mol. The topological polar surface area (TPSA) is 64.3 Å². The number of benzene rings is 1. The van der Waals surface area contributed by atoms with E-state index in [4.69, 9.17) is 10.5 Å². The van der Waals surface area contributed by atoms with E-state index in [1.165, 1.54) is 0 Å². The number of nitrogens with two attached hydrogens (primary N) is 1. The number of nitrogens with one attached hydrogen (secondary N) is 1. The standard InChI is InChI=1S/C11H16N2O2/c1-8(15-2)7-13-10-5-3-4-9(6-10)11(12)14/h3-6,8,13H,7H2,1-2H3,(H2,12,14). The van der Waals surface area contributed by atoms with Gasteiger partial charge in [0.2, 0.25) is 5.91 Å². The molecule has 1 aromatic rings. The van der Waals surface area contributed by atoms with Crippen molar-refractivity contribution >= 4 is 11.6 Å². The molecule has 0 radical (unpaired) electrons. The lowest BCUT2D eigenvalue weighted by Crippen LogP contribution is -2.18. The van der Waals surface area contributed by atoms with Crippen LogP contribution in [0, 0.1) is 0 Å². The zero-order chi connectivity index (χ0) is 11.3. The molecule has 82 valence electrons. The SMILES string of the molecule is COC(C)CNc1cccc(C(N)=O)c1. The highest BCUT2D eigenvalue weighted by molar-refractivity contribution is 5.93. The highest BCUT2D eigenvalue weighted by Crippen LogP contribution is 2.10. The zero-order valence-corrected chi connectivity index (χ0v) is 8.99. The molecule has 0 aliphatic carbocycles. The van der Waals surface area contributed by atoms with E-state index >= 15 is 0 Å². The van der Waals surface area contributed by atoms with Crippen molar-refractivity contribution in [3.05, 3.63) is 29.8 Å². The van der Waals surface area contributed by atoms with E-state index in [0.717, 1.165) is 5.69 Å². The number of ether oxygens (including phenoxy) is 1. The largest absolute Gasteiger partial charge is 0.382 e. The van der Waals surface area contributed by atoms with Crippen molar-refractivity contribution in [3.63, 3.8) is 0 Å². The fraction of sp³-hybridized carbons (Fsp3) is 0.364. The number of methoxy groups -OCH3 is 1. The molecular formula is C11H16N2O2. The molecule has 1 rings (SSSR count). The number of primary amides is 1. The summed E-state index contributed by atoms with van der Waals surface area (Å²) in [5.74, 6) is -0.418. The van der Waals surface area contributed by atoms with Gasteiger partial charge in [0.25, 0.3) is 0 Å². The van der Waals surface area contributed by atoms with Crippen LogP contribution in [0.3, 0.4) is 0 Å². The molecule has 0 spiro atoms. The summed E-state index contributed by atoms with van der Waals surface area (Å²) in [5.41, 5.74) is 6.55. The molecule has 1 aromatic carbocycles. The van der Waals surface area contributed by atoms with E-state index in [2.05, 4.69) is 5.32 Å². The smallest absolute Gasteiger partial charge is 0.248 e. The third kappa shape index (κ3) is 3.59. The van der Waals surface area contributed by atoms with Gasteiger partial charge in [-0.15, -0.1) is 0 Å². The van der Waals surface area contributed by atoms with Gasteiger partial charge in [-0.3, -0.25) is 4.79 Å². The van der Waals surface area contributed by atoms with E-state index in [1.807, 2.05) is 13.0 Å². The summed E-state index contributed by atoms with van der Waals surface area (Å²) in [7, 11) is 1.66. The summed E-state index contributed by atoms with van der Waals surface area (Å²) in [6.45, 7) is 2.66. The van der Waals surface area contributed by atoms with Crippen molar-refractivity contribution < 1.29 is 9.53 Å². The fourth-order valence-corrected chi connectivity index (χ4v) is 1.13. The Balaban J connectivity index is 2.62. The van der Waals surface area contributed by atoms with Crippen LogP contribution in [0.2, 0.25) is 0 Å². The number of anilines is 1. The van der Waals surface area contributed by atoms with Gasteiger partial charge in [-0.2, -0.15) is 0 Å². The Morgan fingerprint density at radius 3 is 2.93 bits per heavy atom. The van der Waals surface area contributed by atoms with Crippen LogP contribution in [0.15, 0.2) is 24.3 Å². The predicted octanol–water partition coefficient (Wildman–Crippen LogP) is 1.23. The highest BCUT2D eigenvalue weighted by Gasteiger charge is 2.02. The summed E-state index contributed by atoms with van der Waals surface area (Å²) >= 11 is 0. The third-order valence-electron chi connectivity index (χ3n) is 2.14. The maximum Gasteiger partial charge on any atom is 0.248 e. The van der Waals surface area contributed by atoms with E-state index in [9.17, 15) is 4.79 Å². The summed E-state index contributed by atoms with van der Waals surface area (Å²) in [6.07, 6.45) is 0.127. The van der Waals surface area contributed by atoms with E-state index < -0.39 is 5.91 Å². The zero-order valence-electron chi connectivity index (χ0n) is 8.99. The minimum absolute atomic E-state index is 0.127. The third-order valence-corrected chi connectivity index (χ3v) is 2.14. The van der Waals surface area contributed by atoms with Crippen LogP contribution in [0.25, 0.3) is 0 Å². The van der Waals surface area contributed by atoms with Crippen LogP contribution in [0.4, 0.5) is 5.69 Å². The van der Waals surface area contributed by atoms with Gasteiger partial charge < -0.3 is 15.8 Å². The fourth-order valence-electron chi connectivity index (χ4n) is 1.13. The minimum atomic E-state index is -0.418. The van der Waals surface area contributed by atoms with Crippen LogP contribution in [-0.4, -0.2) is 25.7 Å². The van der Waals surface area contributed by atoms with Crippen LogP contribution < -0.4 is 11.1 Å². The number of amides is 1. The molecule has 0 bridgehead atoms. The van der Waals surface area contributed by atoms with Gasteiger partial charge in [-0.25, -0.2) is 0 Å². The van der Waals surface area contributed by atoms with Crippen molar-refractivity contribution in [2.45, 2.75) is 13.0 Å². The molecule has 1 atom stereocenters. The Morgan fingerprint density at radius 2 is 2.33 bits per heavy atom. The Bertz CT molecular complexity index is 339. The Kier molecular flexibility index (Phi) is 4.12. The van der Waals surface area contributed by atoms with Crippen LogP contribution in [0.5, 0.6) is 0 Å². The Hall–Kier alpha value is -1.55. The van der Waals surface area contributed by atoms with Gasteiger partial charge in [0.1, 0.15) is 0 Å². The number of hydrogen-bond donors (Lipinski definition) is 2. The van der Waals surface area contributed by atoms with E-state index in [-0.39, 0.29) is 6.10 Å². The average molecular weight is 208 g/mol. The summed E-state index contributed by atoms with van der Waals surface area (Å²) in [5, 5.41) is 3.16. The first-order chi connectivity index (χ1) is 7.13. The Labute approximate surface area is 89.4 Å². The number of carbonyl (C=O) groups excluding carboxylic acids is 1. The van der Waals surface area contributed by atoms with Crippen molar-refractivity contribution in [3.8, 4) is 0 Å². The number of rotatable bonds is 5. The molecule has 15 heavy (non-hydrogen) atoms. The van der Waals surface area contributed by atoms with E-state index in [0.29, 0.717) is 12.1 Å². The summed E-state index contributed by atoms with van der Waals surface area (Å²) in [6, 6.07) is 7.09. The quantitative estimate of drug-likeness (QED) is 0.765. The molecule has 4 nitrogen and oxygen atoms in total. The number of carbonyl (C=O) groups is 1. The average Bonchev–Trinajstić information content (AvgIpc) is 2.26. The van der Waals surface area contributed by atoms with Crippen molar-refractivity contribution in [1.29, 1.82) is 0 Å². The lowest BCUT2D eigenvalue weighted by Gasteiger charge is -2.12.